The van der Waals surface area contributed by atoms with Crippen LogP contribution in [0.25, 0.3) is 0 Å². The third kappa shape index (κ3) is 3.50. The molecule has 2 heterocycles. The Balaban J connectivity index is 1.58. The maximum Gasteiger partial charge on any atom is 0.159 e. The molecule has 3 aromatic carbocycles. The molecule has 0 N–H and O–H groups in total. The highest BCUT2D eigenvalue weighted by Crippen LogP contribution is 2.42. The normalized spacial score (nSPS) is 23.8. The number of fused-ring (bicyclic) bond motifs is 1. The fourth-order valence-electron chi connectivity index (χ4n) is 4.09. The summed E-state index contributed by atoms with van der Waals surface area (Å²) >= 11 is 1.06. The van der Waals surface area contributed by atoms with Crippen molar-refractivity contribution in [2.45, 2.75) is 23.9 Å². The van der Waals surface area contributed by atoms with Gasteiger partial charge >= 0.3 is 0 Å². The Morgan fingerprint density at radius 1 is 0.759 bits per heavy atom. The van der Waals surface area contributed by atoms with Gasteiger partial charge in [-0.15, -0.1) is 0 Å². The highest BCUT2D eigenvalue weighted by Gasteiger charge is 2.46. The van der Waals surface area contributed by atoms with Gasteiger partial charge in [-0.05, 0) is 16.7 Å². The molecule has 0 saturated carbocycles. The molecule has 3 aromatic rings. The minimum atomic E-state index is -0.752. The molecule has 2 fully saturated rings. The van der Waals surface area contributed by atoms with Crippen LogP contribution in [-0.4, -0.2) is 31.5 Å². The molecule has 0 radical (unpaired) electrons. The highest BCUT2D eigenvalue weighted by atomic mass is 32.2. The van der Waals surface area contributed by atoms with Gasteiger partial charge in [0.25, 0.3) is 0 Å². The second kappa shape index (κ2) is 8.30. The first-order valence-electron chi connectivity index (χ1n) is 9.79. The Bertz CT molecular complexity index is 823. The van der Waals surface area contributed by atoms with Crippen LogP contribution in [0.4, 0.5) is 0 Å². The molecular formula is C24H22O4S. The Hall–Kier alpha value is -2.15. The third-order valence-corrected chi connectivity index (χ3v) is 6.15. The monoisotopic (exact) mass is 406 g/mol. The summed E-state index contributed by atoms with van der Waals surface area (Å²) in [4.78, 5) is 0. The first kappa shape index (κ1) is 18.9. The predicted molar refractivity (Wildman–Crippen MR) is 112 cm³/mol. The zero-order valence-electron chi connectivity index (χ0n) is 15.8. The fraction of sp³-hybridized carbons (Fsp3) is 0.250. The summed E-state index contributed by atoms with van der Waals surface area (Å²) in [5.74, 6) is 0. The Kier molecular flexibility index (Phi) is 5.40. The highest BCUT2D eigenvalue weighted by molar-refractivity contribution is 7.90. The molecule has 4 nitrogen and oxygen atoms in total. The summed E-state index contributed by atoms with van der Waals surface area (Å²) in [6.07, 6.45) is -0.321. The molecule has 2 saturated heterocycles. The number of rotatable bonds is 6. The molecule has 5 heteroatoms. The third-order valence-electron chi connectivity index (χ3n) is 5.53. The first-order chi connectivity index (χ1) is 14.4. The molecule has 0 amide bonds. The molecule has 148 valence electrons. The maximum absolute atomic E-state index is 6.81. The molecule has 29 heavy (non-hydrogen) atoms. The molecule has 0 spiro atoms. The van der Waals surface area contributed by atoms with E-state index in [1.807, 2.05) is 54.6 Å². The van der Waals surface area contributed by atoms with Crippen molar-refractivity contribution in [2.75, 3.05) is 13.2 Å². The van der Waals surface area contributed by atoms with Gasteiger partial charge in [-0.25, -0.2) is 0 Å². The molecule has 2 aliphatic rings. The lowest BCUT2D eigenvalue weighted by molar-refractivity contribution is -0.0632. The average molecular weight is 407 g/mol. The van der Waals surface area contributed by atoms with Crippen LogP contribution in [0.5, 0.6) is 0 Å². The van der Waals surface area contributed by atoms with E-state index >= 15 is 0 Å². The van der Waals surface area contributed by atoms with Gasteiger partial charge in [0, 0.05) is 0 Å². The lowest BCUT2D eigenvalue weighted by Crippen LogP contribution is -2.39. The van der Waals surface area contributed by atoms with E-state index in [2.05, 4.69) is 36.4 Å². The minimum absolute atomic E-state index is 0.0341. The van der Waals surface area contributed by atoms with Crippen molar-refractivity contribution in [2.24, 2.45) is 0 Å². The Labute approximate surface area is 175 Å². The van der Waals surface area contributed by atoms with Crippen molar-refractivity contribution in [1.82, 2.24) is 0 Å². The van der Waals surface area contributed by atoms with E-state index in [0.29, 0.717) is 13.2 Å². The van der Waals surface area contributed by atoms with E-state index < -0.39 is 5.60 Å². The minimum Gasteiger partial charge on any atom is -0.370 e. The number of benzene rings is 3. The summed E-state index contributed by atoms with van der Waals surface area (Å²) in [5, 5.41) is 0. The summed E-state index contributed by atoms with van der Waals surface area (Å²) in [6, 6.07) is 31.0. The summed E-state index contributed by atoms with van der Waals surface area (Å²) < 4.78 is 23.9. The smallest absolute Gasteiger partial charge is 0.159 e. The van der Waals surface area contributed by atoms with Gasteiger partial charge < -0.3 is 9.47 Å². The van der Waals surface area contributed by atoms with Crippen LogP contribution in [-0.2, 0) is 23.4 Å². The van der Waals surface area contributed by atoms with Gasteiger partial charge in [-0.1, -0.05) is 91.0 Å². The number of hydrogen-bond acceptors (Lipinski definition) is 5. The van der Waals surface area contributed by atoms with Gasteiger partial charge in [0.1, 0.15) is 23.9 Å². The van der Waals surface area contributed by atoms with Crippen molar-refractivity contribution in [3.05, 3.63) is 108 Å². The van der Waals surface area contributed by atoms with Crippen LogP contribution in [0.3, 0.4) is 0 Å². The van der Waals surface area contributed by atoms with Crippen LogP contribution in [0, 0.1) is 0 Å². The second-order valence-corrected chi connectivity index (χ2v) is 7.75. The Morgan fingerprint density at radius 2 is 1.28 bits per heavy atom. The van der Waals surface area contributed by atoms with Crippen molar-refractivity contribution in [1.29, 1.82) is 0 Å². The van der Waals surface area contributed by atoms with Gasteiger partial charge in [-0.2, -0.15) is 0 Å². The molecule has 0 unspecified atom stereocenters. The van der Waals surface area contributed by atoms with Crippen LogP contribution in [0.1, 0.15) is 16.7 Å². The lowest BCUT2D eigenvalue weighted by atomic mass is 9.80. The van der Waals surface area contributed by atoms with Gasteiger partial charge in [0.2, 0.25) is 0 Å². The molecule has 0 aliphatic carbocycles. The van der Waals surface area contributed by atoms with Crippen LogP contribution < -0.4 is 0 Å². The lowest BCUT2D eigenvalue weighted by Gasteiger charge is -2.37. The Morgan fingerprint density at radius 3 is 1.79 bits per heavy atom. The standard InChI is InChI=1S/C24H22O4S/c1-4-10-18(11-5-1)24(19-12-6-2-7-13-19,20-14-8-3-9-15-20)26-17-21-23-22(16-25-21)27-29-28-23/h1-15,21-23H,16-17H2/t21-,22+,23-/m1/s1. The summed E-state index contributed by atoms with van der Waals surface area (Å²) in [7, 11) is 0. The fourth-order valence-corrected chi connectivity index (χ4v) is 4.74. The van der Waals surface area contributed by atoms with E-state index in [0.717, 1.165) is 29.0 Å². The quantitative estimate of drug-likeness (QED) is 0.437. The molecule has 5 rings (SSSR count). The van der Waals surface area contributed by atoms with Gasteiger partial charge in [0.05, 0.1) is 13.2 Å². The summed E-state index contributed by atoms with van der Waals surface area (Å²) in [5.41, 5.74) is 2.47. The van der Waals surface area contributed by atoms with E-state index in [1.54, 1.807) is 0 Å². The maximum atomic E-state index is 6.81. The molecule has 0 aromatic heterocycles. The zero-order chi connectivity index (χ0) is 19.5. The van der Waals surface area contributed by atoms with E-state index in [4.69, 9.17) is 17.8 Å². The van der Waals surface area contributed by atoms with Crippen LogP contribution >= 0.6 is 12.3 Å². The number of ether oxygens (including phenoxy) is 2. The summed E-state index contributed by atoms with van der Waals surface area (Å²) in [6.45, 7) is 0.921. The van der Waals surface area contributed by atoms with E-state index in [-0.39, 0.29) is 18.3 Å². The van der Waals surface area contributed by atoms with Crippen molar-refractivity contribution in [3.8, 4) is 0 Å². The topological polar surface area (TPSA) is 36.9 Å². The number of hydrogen-bond donors (Lipinski definition) is 0. The predicted octanol–water partition coefficient (Wildman–Crippen LogP) is 4.74. The molecule has 2 aliphatic heterocycles. The van der Waals surface area contributed by atoms with Gasteiger partial charge in [-0.3, -0.25) is 8.37 Å². The van der Waals surface area contributed by atoms with Crippen LogP contribution in [0.2, 0.25) is 0 Å². The largest absolute Gasteiger partial charge is 0.370 e. The average Bonchev–Trinajstić information content (AvgIpc) is 3.41. The zero-order valence-corrected chi connectivity index (χ0v) is 16.7. The van der Waals surface area contributed by atoms with Crippen molar-refractivity contribution >= 4 is 12.3 Å². The van der Waals surface area contributed by atoms with Crippen molar-refractivity contribution in [3.63, 3.8) is 0 Å². The van der Waals surface area contributed by atoms with E-state index in [9.17, 15) is 0 Å². The second-order valence-electron chi connectivity index (χ2n) is 7.23. The van der Waals surface area contributed by atoms with E-state index in [1.165, 1.54) is 0 Å². The first-order valence-corrected chi connectivity index (χ1v) is 10.5. The SMILES string of the molecule is c1ccc(C(OC[C@H]2OC[C@@H]3OSO[C@@H]32)(c2ccccc2)c2ccccc2)cc1. The van der Waals surface area contributed by atoms with Gasteiger partial charge in [0.15, 0.2) is 12.3 Å². The molecule has 3 atom stereocenters. The van der Waals surface area contributed by atoms with Crippen LogP contribution in [0.15, 0.2) is 91.0 Å². The van der Waals surface area contributed by atoms with Crippen molar-refractivity contribution < 1.29 is 17.8 Å². The molecule has 0 bridgehead atoms. The molecular weight excluding hydrogens is 384 g/mol.